The van der Waals surface area contributed by atoms with Gasteiger partial charge in [-0.1, -0.05) is 29.3 Å². The van der Waals surface area contributed by atoms with Gasteiger partial charge in [-0.05, 0) is 17.7 Å². The van der Waals surface area contributed by atoms with Crippen molar-refractivity contribution in [2.24, 2.45) is 0 Å². The van der Waals surface area contributed by atoms with Crippen molar-refractivity contribution in [2.75, 3.05) is 13.2 Å². The zero-order chi connectivity index (χ0) is 11.3. The lowest BCUT2D eigenvalue weighted by atomic mass is 10.2. The van der Waals surface area contributed by atoms with E-state index in [0.717, 1.165) is 5.56 Å². The first-order chi connectivity index (χ1) is 7.13. The molecule has 0 bridgehead atoms. The highest BCUT2D eigenvalue weighted by Gasteiger charge is 2.02. The molecule has 1 rings (SSSR count). The van der Waals surface area contributed by atoms with E-state index < -0.39 is 6.10 Å². The zero-order valence-electron chi connectivity index (χ0n) is 8.08. The molecule has 5 heteroatoms. The molecule has 0 amide bonds. The van der Waals surface area contributed by atoms with Gasteiger partial charge in [-0.15, -0.1) is 0 Å². The van der Waals surface area contributed by atoms with Crippen LogP contribution in [-0.4, -0.2) is 29.5 Å². The molecule has 3 nitrogen and oxygen atoms in total. The van der Waals surface area contributed by atoms with Crippen LogP contribution in [0.15, 0.2) is 18.2 Å². The SMILES string of the molecule is OC[C@H](O)CNCc1ccc(Cl)c(Cl)c1. The molecule has 84 valence electrons. The van der Waals surface area contributed by atoms with Crippen LogP contribution in [0.4, 0.5) is 0 Å². The second kappa shape index (κ2) is 6.30. The third-order valence-electron chi connectivity index (χ3n) is 1.90. The van der Waals surface area contributed by atoms with Gasteiger partial charge in [-0.2, -0.15) is 0 Å². The summed E-state index contributed by atoms with van der Waals surface area (Å²) in [4.78, 5) is 0. The fraction of sp³-hybridized carbons (Fsp3) is 0.400. The fourth-order valence-corrected chi connectivity index (χ4v) is 1.42. The van der Waals surface area contributed by atoms with E-state index in [1.807, 2.05) is 6.07 Å². The van der Waals surface area contributed by atoms with Gasteiger partial charge in [0, 0.05) is 13.1 Å². The van der Waals surface area contributed by atoms with Gasteiger partial charge in [0.25, 0.3) is 0 Å². The zero-order valence-corrected chi connectivity index (χ0v) is 9.59. The summed E-state index contributed by atoms with van der Waals surface area (Å²) in [7, 11) is 0. The van der Waals surface area contributed by atoms with Crippen LogP contribution in [0.3, 0.4) is 0 Å². The highest BCUT2D eigenvalue weighted by Crippen LogP contribution is 2.22. The molecule has 3 N–H and O–H groups in total. The minimum atomic E-state index is -0.729. The highest BCUT2D eigenvalue weighted by molar-refractivity contribution is 6.42. The average Bonchev–Trinajstić information content (AvgIpc) is 2.23. The van der Waals surface area contributed by atoms with E-state index in [2.05, 4.69) is 5.32 Å². The van der Waals surface area contributed by atoms with E-state index in [1.54, 1.807) is 12.1 Å². The first-order valence-corrected chi connectivity index (χ1v) is 5.32. The van der Waals surface area contributed by atoms with Gasteiger partial charge in [0.2, 0.25) is 0 Å². The van der Waals surface area contributed by atoms with Gasteiger partial charge in [-0.25, -0.2) is 0 Å². The van der Waals surface area contributed by atoms with Gasteiger partial charge >= 0.3 is 0 Å². The van der Waals surface area contributed by atoms with Crippen molar-refractivity contribution in [1.82, 2.24) is 5.32 Å². The molecule has 1 atom stereocenters. The molecule has 1 aromatic carbocycles. The lowest BCUT2D eigenvalue weighted by Gasteiger charge is -2.09. The number of aliphatic hydroxyl groups excluding tert-OH is 2. The second-order valence-corrected chi connectivity index (χ2v) is 4.03. The predicted molar refractivity (Wildman–Crippen MR) is 61.3 cm³/mol. The molecular weight excluding hydrogens is 237 g/mol. The normalized spacial score (nSPS) is 12.8. The summed E-state index contributed by atoms with van der Waals surface area (Å²) in [6.45, 7) is 0.680. The minimum absolute atomic E-state index is 0.242. The monoisotopic (exact) mass is 249 g/mol. The number of halogens is 2. The van der Waals surface area contributed by atoms with Gasteiger partial charge in [-0.3, -0.25) is 0 Å². The number of rotatable bonds is 5. The van der Waals surface area contributed by atoms with Crippen molar-refractivity contribution in [3.63, 3.8) is 0 Å². The summed E-state index contributed by atoms with van der Waals surface area (Å²) in [5.74, 6) is 0. The molecule has 0 heterocycles. The molecule has 0 spiro atoms. The lowest BCUT2D eigenvalue weighted by Crippen LogP contribution is -2.28. The van der Waals surface area contributed by atoms with Crippen molar-refractivity contribution in [1.29, 1.82) is 0 Å². The van der Waals surface area contributed by atoms with E-state index in [4.69, 9.17) is 33.4 Å². The largest absolute Gasteiger partial charge is 0.394 e. The van der Waals surface area contributed by atoms with Crippen molar-refractivity contribution in [2.45, 2.75) is 12.6 Å². The number of aliphatic hydroxyl groups is 2. The number of nitrogens with one attached hydrogen (secondary N) is 1. The predicted octanol–water partition coefficient (Wildman–Crippen LogP) is 1.44. The van der Waals surface area contributed by atoms with Gasteiger partial charge < -0.3 is 15.5 Å². The molecule has 0 aliphatic carbocycles. The molecule has 0 aliphatic heterocycles. The second-order valence-electron chi connectivity index (χ2n) is 3.22. The Bertz CT molecular complexity index is 320. The molecule has 0 unspecified atom stereocenters. The minimum Gasteiger partial charge on any atom is -0.394 e. The van der Waals surface area contributed by atoms with Crippen LogP contribution >= 0.6 is 23.2 Å². The molecule has 0 aliphatic rings. The van der Waals surface area contributed by atoms with Crippen LogP contribution in [0.25, 0.3) is 0 Å². The quantitative estimate of drug-likeness (QED) is 0.741. The molecule has 15 heavy (non-hydrogen) atoms. The van der Waals surface area contributed by atoms with Crippen LogP contribution < -0.4 is 5.32 Å². The Balaban J connectivity index is 2.41. The topological polar surface area (TPSA) is 52.5 Å². The Morgan fingerprint density at radius 3 is 2.60 bits per heavy atom. The molecule has 0 saturated carbocycles. The highest BCUT2D eigenvalue weighted by atomic mass is 35.5. The lowest BCUT2D eigenvalue weighted by molar-refractivity contribution is 0.0942. The van der Waals surface area contributed by atoms with Crippen LogP contribution in [0.5, 0.6) is 0 Å². The Kier molecular flexibility index (Phi) is 5.36. The van der Waals surface area contributed by atoms with E-state index in [9.17, 15) is 0 Å². The summed E-state index contributed by atoms with van der Waals surface area (Å²) >= 11 is 11.6. The summed E-state index contributed by atoms with van der Waals surface area (Å²) in [6.07, 6.45) is -0.729. The van der Waals surface area contributed by atoms with Crippen LogP contribution in [0.1, 0.15) is 5.56 Å². The van der Waals surface area contributed by atoms with Crippen LogP contribution in [-0.2, 0) is 6.54 Å². The molecule has 1 aromatic rings. The van der Waals surface area contributed by atoms with Crippen molar-refractivity contribution in [3.8, 4) is 0 Å². The summed E-state index contributed by atoms with van der Waals surface area (Å²) in [5.41, 5.74) is 0.981. The fourth-order valence-electron chi connectivity index (χ4n) is 1.10. The van der Waals surface area contributed by atoms with Crippen molar-refractivity contribution in [3.05, 3.63) is 33.8 Å². The third-order valence-corrected chi connectivity index (χ3v) is 2.64. The van der Waals surface area contributed by atoms with E-state index >= 15 is 0 Å². The summed E-state index contributed by atoms with van der Waals surface area (Å²) < 4.78 is 0. The maximum atomic E-state index is 9.07. The first kappa shape index (κ1) is 12.7. The summed E-state index contributed by atoms with van der Waals surface area (Å²) in [6, 6.07) is 5.35. The molecule has 0 radical (unpaired) electrons. The Labute approximate surface area is 98.6 Å². The smallest absolute Gasteiger partial charge is 0.0895 e. The Hall–Kier alpha value is -0.320. The maximum absolute atomic E-state index is 9.07. The molecule has 0 fully saturated rings. The molecule has 0 saturated heterocycles. The molecule has 0 aromatic heterocycles. The van der Waals surface area contributed by atoms with Gasteiger partial charge in [0.05, 0.1) is 22.8 Å². The van der Waals surface area contributed by atoms with E-state index in [1.165, 1.54) is 0 Å². The Morgan fingerprint density at radius 2 is 2.00 bits per heavy atom. The molecular formula is C10H13Cl2NO2. The van der Waals surface area contributed by atoms with Crippen molar-refractivity contribution >= 4 is 23.2 Å². The maximum Gasteiger partial charge on any atom is 0.0895 e. The van der Waals surface area contributed by atoms with Gasteiger partial charge in [0.15, 0.2) is 0 Å². The van der Waals surface area contributed by atoms with Crippen LogP contribution in [0.2, 0.25) is 10.0 Å². The van der Waals surface area contributed by atoms with Gasteiger partial charge in [0.1, 0.15) is 0 Å². The number of benzene rings is 1. The van der Waals surface area contributed by atoms with Crippen LogP contribution in [0, 0.1) is 0 Å². The number of hydrogen-bond acceptors (Lipinski definition) is 3. The van der Waals surface area contributed by atoms with E-state index in [0.29, 0.717) is 23.1 Å². The summed E-state index contributed by atoms with van der Waals surface area (Å²) in [5, 5.41) is 21.7. The average molecular weight is 250 g/mol. The van der Waals surface area contributed by atoms with Crippen molar-refractivity contribution < 1.29 is 10.2 Å². The third kappa shape index (κ3) is 4.36. The first-order valence-electron chi connectivity index (χ1n) is 4.57. The Morgan fingerprint density at radius 1 is 1.27 bits per heavy atom. The van der Waals surface area contributed by atoms with E-state index in [-0.39, 0.29) is 6.61 Å². The standard InChI is InChI=1S/C10H13Cl2NO2/c11-9-2-1-7(3-10(9)12)4-13-5-8(15)6-14/h1-3,8,13-15H,4-6H2/t8-/m1/s1. The number of hydrogen-bond donors (Lipinski definition) is 3.